The topological polar surface area (TPSA) is 136 Å². The number of methoxy groups -OCH3 is 1. The van der Waals surface area contributed by atoms with Crippen LogP contribution in [-0.4, -0.2) is 66.0 Å². The first kappa shape index (κ1) is 30.8. The number of benzene rings is 3. The van der Waals surface area contributed by atoms with Gasteiger partial charge in [-0.05, 0) is 73.0 Å². The van der Waals surface area contributed by atoms with Crippen LogP contribution < -0.4 is 24.5 Å². The summed E-state index contributed by atoms with van der Waals surface area (Å²) in [5.74, 6) is -0.0604. The van der Waals surface area contributed by atoms with E-state index in [0.29, 0.717) is 23.6 Å². The maximum absolute atomic E-state index is 13.4. The number of carbonyl (C=O) groups excluding carboxylic acids is 2. The van der Waals surface area contributed by atoms with Crippen molar-refractivity contribution in [1.82, 2.24) is 10.7 Å². The minimum absolute atomic E-state index is 0.0101. The zero-order valence-electron chi connectivity index (χ0n) is 22.9. The fourth-order valence-electron chi connectivity index (χ4n) is 4.07. The number of hydrogen-bond acceptors (Lipinski definition) is 8. The van der Waals surface area contributed by atoms with E-state index < -0.39 is 22.5 Å². The average Bonchev–Trinajstić information content (AvgIpc) is 3.53. The fourth-order valence-corrected chi connectivity index (χ4v) is 5.76. The summed E-state index contributed by atoms with van der Waals surface area (Å²) in [7, 11) is -2.67. The Morgan fingerprint density at radius 2 is 1.86 bits per heavy atom. The van der Waals surface area contributed by atoms with Crippen molar-refractivity contribution in [2.24, 2.45) is 5.10 Å². The molecule has 1 atom stereocenters. The summed E-state index contributed by atoms with van der Waals surface area (Å²) in [4.78, 5) is 24.8. The van der Waals surface area contributed by atoms with Crippen LogP contribution >= 0.6 is 11.6 Å². The minimum atomic E-state index is -4.11. The monoisotopic (exact) mass is 614 g/mol. The maximum Gasteiger partial charge on any atom is 0.264 e. The van der Waals surface area contributed by atoms with Gasteiger partial charge in [0.05, 0.1) is 35.0 Å². The Morgan fingerprint density at radius 3 is 2.52 bits per heavy atom. The molecule has 13 heteroatoms. The molecule has 2 amide bonds. The number of sulfonamides is 1. The Labute approximate surface area is 249 Å². The SMILES string of the molecule is COc1ccc(N(CC(=O)N/N=C\c2ccc(OCC(=O)NC[C@@H]3CCCO3)cc2)S(=O)(=O)c2ccccc2)cc1Cl. The van der Waals surface area contributed by atoms with Gasteiger partial charge < -0.3 is 19.5 Å². The molecular weight excluding hydrogens is 584 g/mol. The molecule has 0 saturated carbocycles. The molecule has 42 heavy (non-hydrogen) atoms. The quantitative estimate of drug-likeness (QED) is 0.223. The number of hydrogen-bond donors (Lipinski definition) is 2. The van der Waals surface area contributed by atoms with E-state index in [1.165, 1.54) is 43.7 Å². The molecule has 1 saturated heterocycles. The molecule has 0 bridgehead atoms. The third-order valence-electron chi connectivity index (χ3n) is 6.25. The van der Waals surface area contributed by atoms with E-state index in [2.05, 4.69) is 15.8 Å². The van der Waals surface area contributed by atoms with Crippen molar-refractivity contribution < 1.29 is 32.2 Å². The number of hydrazone groups is 1. The summed E-state index contributed by atoms with van der Waals surface area (Å²) in [5.41, 5.74) is 3.18. The molecule has 3 aromatic rings. The highest BCUT2D eigenvalue weighted by Crippen LogP contribution is 2.31. The lowest BCUT2D eigenvalue weighted by Gasteiger charge is -2.24. The Bertz CT molecular complexity index is 1500. The first-order chi connectivity index (χ1) is 20.3. The zero-order valence-corrected chi connectivity index (χ0v) is 24.4. The summed E-state index contributed by atoms with van der Waals surface area (Å²) >= 11 is 6.24. The van der Waals surface area contributed by atoms with E-state index >= 15 is 0 Å². The number of nitrogens with one attached hydrogen (secondary N) is 2. The van der Waals surface area contributed by atoms with Crippen LogP contribution in [0.1, 0.15) is 18.4 Å². The second kappa shape index (κ2) is 14.7. The lowest BCUT2D eigenvalue weighted by atomic mass is 10.2. The van der Waals surface area contributed by atoms with E-state index in [4.69, 9.17) is 25.8 Å². The van der Waals surface area contributed by atoms with Crippen molar-refractivity contribution in [2.75, 3.05) is 37.7 Å². The molecule has 11 nitrogen and oxygen atoms in total. The highest BCUT2D eigenvalue weighted by atomic mass is 35.5. The molecular formula is C29H31ClN4O7S. The van der Waals surface area contributed by atoms with Crippen LogP contribution in [0.4, 0.5) is 5.69 Å². The van der Waals surface area contributed by atoms with Crippen molar-refractivity contribution >= 4 is 45.3 Å². The normalized spacial score (nSPS) is 14.9. The molecule has 1 fully saturated rings. The van der Waals surface area contributed by atoms with E-state index in [1.807, 2.05) is 0 Å². The number of ether oxygens (including phenoxy) is 3. The van der Waals surface area contributed by atoms with Gasteiger partial charge in [-0.2, -0.15) is 5.10 Å². The number of anilines is 1. The molecule has 3 aromatic carbocycles. The number of halogens is 1. The van der Waals surface area contributed by atoms with Crippen LogP contribution in [-0.2, 0) is 24.3 Å². The Hall–Kier alpha value is -4.13. The van der Waals surface area contributed by atoms with Gasteiger partial charge in [-0.1, -0.05) is 29.8 Å². The molecule has 1 heterocycles. The predicted molar refractivity (Wildman–Crippen MR) is 159 cm³/mol. The van der Waals surface area contributed by atoms with Gasteiger partial charge in [-0.15, -0.1) is 0 Å². The molecule has 1 aliphatic heterocycles. The van der Waals surface area contributed by atoms with Gasteiger partial charge in [0, 0.05) is 13.2 Å². The van der Waals surface area contributed by atoms with Crippen molar-refractivity contribution in [3.63, 3.8) is 0 Å². The van der Waals surface area contributed by atoms with E-state index in [0.717, 1.165) is 23.8 Å². The van der Waals surface area contributed by atoms with E-state index in [1.54, 1.807) is 42.5 Å². The predicted octanol–water partition coefficient (Wildman–Crippen LogP) is 3.37. The second-order valence-electron chi connectivity index (χ2n) is 9.23. The molecule has 0 aliphatic carbocycles. The van der Waals surface area contributed by atoms with Crippen LogP contribution in [0.5, 0.6) is 11.5 Å². The van der Waals surface area contributed by atoms with E-state index in [-0.39, 0.29) is 34.2 Å². The Morgan fingerprint density at radius 1 is 1.10 bits per heavy atom. The van der Waals surface area contributed by atoms with Crippen molar-refractivity contribution in [1.29, 1.82) is 0 Å². The average molecular weight is 615 g/mol. The van der Waals surface area contributed by atoms with Crippen LogP contribution in [0.25, 0.3) is 0 Å². The van der Waals surface area contributed by atoms with Gasteiger partial charge in [0.15, 0.2) is 6.61 Å². The summed E-state index contributed by atoms with van der Waals surface area (Å²) in [6.07, 6.45) is 3.40. The van der Waals surface area contributed by atoms with Crippen LogP contribution in [0, 0.1) is 0 Å². The Balaban J connectivity index is 1.34. The molecule has 0 radical (unpaired) electrons. The number of nitrogens with zero attached hydrogens (tertiary/aromatic N) is 2. The Kier molecular flexibility index (Phi) is 10.8. The number of carbonyl (C=O) groups is 2. The zero-order chi connectivity index (χ0) is 30.0. The molecule has 0 spiro atoms. The second-order valence-corrected chi connectivity index (χ2v) is 11.5. The van der Waals surface area contributed by atoms with Crippen LogP contribution in [0.3, 0.4) is 0 Å². The van der Waals surface area contributed by atoms with Crippen molar-refractivity contribution in [2.45, 2.75) is 23.8 Å². The molecule has 222 valence electrons. The summed E-state index contributed by atoms with van der Waals surface area (Å²) < 4.78 is 44.0. The van der Waals surface area contributed by atoms with Crippen molar-refractivity contribution in [3.05, 3.63) is 83.4 Å². The van der Waals surface area contributed by atoms with Gasteiger partial charge in [0.2, 0.25) is 0 Å². The van der Waals surface area contributed by atoms with Gasteiger partial charge in [0.25, 0.3) is 21.8 Å². The largest absolute Gasteiger partial charge is 0.495 e. The summed E-state index contributed by atoms with van der Waals surface area (Å²) in [6.45, 7) is 0.508. The highest BCUT2D eigenvalue weighted by Gasteiger charge is 2.27. The smallest absolute Gasteiger partial charge is 0.264 e. The lowest BCUT2D eigenvalue weighted by molar-refractivity contribution is -0.123. The number of rotatable bonds is 13. The molecule has 0 unspecified atom stereocenters. The summed E-state index contributed by atoms with van der Waals surface area (Å²) in [6, 6.07) is 18.9. The van der Waals surface area contributed by atoms with Gasteiger partial charge in [-0.25, -0.2) is 13.8 Å². The minimum Gasteiger partial charge on any atom is -0.495 e. The summed E-state index contributed by atoms with van der Waals surface area (Å²) in [5, 5.41) is 6.92. The van der Waals surface area contributed by atoms with Crippen LogP contribution in [0.2, 0.25) is 5.02 Å². The molecule has 2 N–H and O–H groups in total. The first-order valence-corrected chi connectivity index (χ1v) is 14.9. The molecule has 1 aliphatic rings. The number of amides is 2. The third-order valence-corrected chi connectivity index (χ3v) is 8.33. The van der Waals surface area contributed by atoms with Gasteiger partial charge in [-0.3, -0.25) is 13.9 Å². The lowest BCUT2D eigenvalue weighted by Crippen LogP contribution is -2.39. The fraction of sp³-hybridized carbons (Fsp3) is 0.276. The maximum atomic E-state index is 13.4. The molecule has 4 rings (SSSR count). The standard InChI is InChI=1S/C29H31ClN4O7S/c1-39-27-14-11-22(16-26(27)30)34(42(37,38)25-7-3-2-4-8-25)19-28(35)33-32-17-21-9-12-23(13-10-21)41-20-29(36)31-18-24-6-5-15-40-24/h2-4,7-14,16-17,24H,5-6,15,18-20H2,1H3,(H,31,36)(H,33,35)/b32-17-/t24-/m0/s1. The van der Waals surface area contributed by atoms with Crippen molar-refractivity contribution in [3.8, 4) is 11.5 Å². The highest BCUT2D eigenvalue weighted by molar-refractivity contribution is 7.92. The van der Waals surface area contributed by atoms with E-state index in [9.17, 15) is 18.0 Å². The van der Waals surface area contributed by atoms with Gasteiger partial charge >= 0.3 is 0 Å². The third kappa shape index (κ3) is 8.44. The van der Waals surface area contributed by atoms with Crippen LogP contribution in [0.15, 0.2) is 82.8 Å². The van der Waals surface area contributed by atoms with Gasteiger partial charge in [0.1, 0.15) is 18.0 Å². The molecule has 0 aromatic heterocycles. The first-order valence-electron chi connectivity index (χ1n) is 13.1.